The van der Waals surface area contributed by atoms with Gasteiger partial charge in [0.05, 0.1) is 6.10 Å². The van der Waals surface area contributed by atoms with Gasteiger partial charge in [-0.05, 0) is 26.9 Å². The van der Waals surface area contributed by atoms with Gasteiger partial charge in [-0.3, -0.25) is 4.79 Å². The van der Waals surface area contributed by atoms with E-state index in [1.807, 2.05) is 0 Å². The van der Waals surface area contributed by atoms with Crippen molar-refractivity contribution in [3.63, 3.8) is 0 Å². The number of hydrogen-bond donors (Lipinski definition) is 1. The average molecular weight is 270 g/mol. The van der Waals surface area contributed by atoms with Crippen molar-refractivity contribution in [3.8, 4) is 0 Å². The Balaban J connectivity index is 2.09. The highest BCUT2D eigenvalue weighted by Gasteiger charge is 2.40. The molecule has 2 saturated heterocycles. The highest BCUT2D eigenvalue weighted by Crippen LogP contribution is 2.32. The van der Waals surface area contributed by atoms with Crippen LogP contribution >= 0.6 is 0 Å². The second-order valence-electron chi connectivity index (χ2n) is 6.14. The number of esters is 1. The molecule has 19 heavy (non-hydrogen) atoms. The Morgan fingerprint density at radius 2 is 1.68 bits per heavy atom. The third-order valence-electron chi connectivity index (χ3n) is 4.49. The molecule has 2 fully saturated rings. The maximum Gasteiger partial charge on any atom is 0.302 e. The van der Waals surface area contributed by atoms with Gasteiger partial charge in [-0.25, -0.2) is 0 Å². The molecule has 1 N–H and O–H groups in total. The summed E-state index contributed by atoms with van der Waals surface area (Å²) in [6, 6.07) is 0. The number of rotatable bonds is 2. The van der Waals surface area contributed by atoms with Crippen molar-refractivity contribution in [2.45, 2.75) is 32.0 Å². The van der Waals surface area contributed by atoms with Crippen LogP contribution in [0.15, 0.2) is 0 Å². The van der Waals surface area contributed by atoms with E-state index >= 15 is 0 Å². The van der Waals surface area contributed by atoms with Gasteiger partial charge in [-0.1, -0.05) is 0 Å². The van der Waals surface area contributed by atoms with Crippen molar-refractivity contribution in [1.82, 2.24) is 9.80 Å². The summed E-state index contributed by atoms with van der Waals surface area (Å²) < 4.78 is 5.49. The monoisotopic (exact) mass is 270 g/mol. The summed E-state index contributed by atoms with van der Waals surface area (Å²) in [4.78, 5) is 15.8. The highest BCUT2D eigenvalue weighted by atomic mass is 16.5. The molecule has 5 nitrogen and oxygen atoms in total. The molecule has 0 bridgehead atoms. The molecule has 0 aliphatic carbocycles. The first-order chi connectivity index (χ1) is 8.97. The smallest absolute Gasteiger partial charge is 0.302 e. The quantitative estimate of drug-likeness (QED) is 0.726. The Labute approximate surface area is 115 Å². The molecule has 2 rings (SSSR count). The summed E-state index contributed by atoms with van der Waals surface area (Å²) >= 11 is 0. The van der Waals surface area contributed by atoms with Gasteiger partial charge >= 0.3 is 5.97 Å². The number of carbonyl (C=O) groups is 1. The van der Waals surface area contributed by atoms with Gasteiger partial charge in [-0.15, -0.1) is 0 Å². The minimum absolute atomic E-state index is 0.0418. The zero-order valence-electron chi connectivity index (χ0n) is 12.2. The second kappa shape index (κ2) is 6.20. The highest BCUT2D eigenvalue weighted by molar-refractivity contribution is 5.66. The van der Waals surface area contributed by atoms with Gasteiger partial charge in [0.15, 0.2) is 0 Å². The first-order valence-corrected chi connectivity index (χ1v) is 7.19. The van der Waals surface area contributed by atoms with Gasteiger partial charge in [0.25, 0.3) is 0 Å². The molecule has 0 spiro atoms. The van der Waals surface area contributed by atoms with Crippen molar-refractivity contribution in [2.24, 2.45) is 11.8 Å². The molecule has 4 atom stereocenters. The summed E-state index contributed by atoms with van der Waals surface area (Å²) in [5, 5.41) is 10.3. The molecular formula is C14H26N2O3. The van der Waals surface area contributed by atoms with Crippen LogP contribution in [0.25, 0.3) is 0 Å². The van der Waals surface area contributed by atoms with Crippen LogP contribution in [0.1, 0.15) is 19.8 Å². The topological polar surface area (TPSA) is 53.0 Å². The maximum atomic E-state index is 11.3. The van der Waals surface area contributed by atoms with E-state index < -0.39 is 0 Å². The van der Waals surface area contributed by atoms with Gasteiger partial charge in [0.2, 0.25) is 0 Å². The van der Waals surface area contributed by atoms with Crippen molar-refractivity contribution in [3.05, 3.63) is 0 Å². The summed E-state index contributed by atoms with van der Waals surface area (Å²) in [7, 11) is 4.18. The van der Waals surface area contributed by atoms with E-state index in [-0.39, 0.29) is 30.0 Å². The Bertz CT molecular complexity index is 324. The van der Waals surface area contributed by atoms with Crippen LogP contribution < -0.4 is 0 Å². The van der Waals surface area contributed by atoms with Crippen LogP contribution in [0.5, 0.6) is 0 Å². The lowest BCUT2D eigenvalue weighted by atomic mass is 9.77. The Morgan fingerprint density at radius 1 is 1.11 bits per heavy atom. The Kier molecular flexibility index (Phi) is 4.81. The zero-order chi connectivity index (χ0) is 14.0. The molecule has 4 unspecified atom stereocenters. The largest absolute Gasteiger partial charge is 0.462 e. The van der Waals surface area contributed by atoms with Crippen LogP contribution in [-0.4, -0.2) is 73.4 Å². The second-order valence-corrected chi connectivity index (χ2v) is 6.14. The molecule has 0 amide bonds. The van der Waals surface area contributed by atoms with E-state index in [0.717, 1.165) is 39.0 Å². The average Bonchev–Trinajstić information content (AvgIpc) is 2.34. The molecule has 0 saturated carbocycles. The number of piperidine rings is 2. The lowest BCUT2D eigenvalue weighted by Gasteiger charge is -2.45. The first-order valence-electron chi connectivity index (χ1n) is 7.19. The minimum atomic E-state index is -0.272. The van der Waals surface area contributed by atoms with Crippen molar-refractivity contribution in [2.75, 3.05) is 40.3 Å². The van der Waals surface area contributed by atoms with Crippen molar-refractivity contribution < 1.29 is 14.6 Å². The predicted molar refractivity (Wildman–Crippen MR) is 72.8 cm³/mol. The maximum absolute atomic E-state index is 11.3. The number of aliphatic hydroxyl groups excluding tert-OH is 1. The molecule has 0 aromatic heterocycles. The molecule has 0 aromatic carbocycles. The predicted octanol–water partition coefficient (Wildman–Crippen LogP) is 0.182. The summed E-state index contributed by atoms with van der Waals surface area (Å²) in [6.45, 7) is 5.15. The molecule has 2 heterocycles. The minimum Gasteiger partial charge on any atom is -0.462 e. The van der Waals surface area contributed by atoms with Crippen LogP contribution in [0, 0.1) is 11.8 Å². The number of hydrogen-bond acceptors (Lipinski definition) is 5. The molecular weight excluding hydrogens is 244 g/mol. The van der Waals surface area contributed by atoms with Crippen LogP contribution in [0.2, 0.25) is 0 Å². The third kappa shape index (κ3) is 3.68. The summed E-state index contributed by atoms with van der Waals surface area (Å²) in [5.41, 5.74) is 0. The normalized spacial score (nSPS) is 38.1. The van der Waals surface area contributed by atoms with E-state index in [4.69, 9.17) is 4.74 Å². The fraction of sp³-hybridized carbons (Fsp3) is 0.929. The van der Waals surface area contributed by atoms with E-state index in [1.165, 1.54) is 6.92 Å². The van der Waals surface area contributed by atoms with Crippen molar-refractivity contribution in [1.29, 1.82) is 0 Å². The molecule has 0 radical (unpaired) electrons. The van der Waals surface area contributed by atoms with Crippen LogP contribution in [0.4, 0.5) is 0 Å². The van der Waals surface area contributed by atoms with Crippen molar-refractivity contribution >= 4 is 5.97 Å². The number of nitrogens with zero attached hydrogens (tertiary/aromatic N) is 2. The summed E-state index contributed by atoms with van der Waals surface area (Å²) in [6.07, 6.45) is 1.37. The van der Waals surface area contributed by atoms with Crippen LogP contribution in [0.3, 0.4) is 0 Å². The number of likely N-dealkylation sites (tertiary alicyclic amines) is 2. The number of aliphatic hydroxyl groups is 1. The van der Waals surface area contributed by atoms with Gasteiger partial charge in [0.1, 0.15) is 6.10 Å². The standard InChI is InChI=1S/C14H26N2O3/c1-10(17)19-14-5-7-16(3)9-12(14)11-8-15(2)6-4-13(11)18/h11-14,18H,4-9H2,1-3H3. The Hall–Kier alpha value is -0.650. The van der Waals surface area contributed by atoms with E-state index in [9.17, 15) is 9.90 Å². The SMILES string of the molecule is CC(=O)OC1CCN(C)CC1C1CN(C)CCC1O. The fourth-order valence-corrected chi connectivity index (χ4v) is 3.46. The van der Waals surface area contributed by atoms with Crippen LogP contribution in [-0.2, 0) is 9.53 Å². The fourth-order valence-electron chi connectivity index (χ4n) is 3.46. The molecule has 2 aliphatic rings. The molecule has 0 aromatic rings. The zero-order valence-corrected chi connectivity index (χ0v) is 12.2. The molecule has 110 valence electrons. The lowest BCUT2D eigenvalue weighted by molar-refractivity contribution is -0.156. The lowest BCUT2D eigenvalue weighted by Crippen LogP contribution is -2.53. The summed E-state index contributed by atoms with van der Waals surface area (Å²) in [5.74, 6) is 0.226. The van der Waals surface area contributed by atoms with Gasteiger partial charge < -0.3 is 19.6 Å². The van der Waals surface area contributed by atoms with E-state index in [1.54, 1.807) is 0 Å². The molecule has 2 aliphatic heterocycles. The van der Waals surface area contributed by atoms with Gasteiger partial charge in [-0.2, -0.15) is 0 Å². The number of carbonyl (C=O) groups excluding carboxylic acids is 1. The first kappa shape index (κ1) is 14.8. The van der Waals surface area contributed by atoms with Gasteiger partial charge in [0, 0.05) is 44.9 Å². The van der Waals surface area contributed by atoms with E-state index in [2.05, 4.69) is 23.9 Å². The third-order valence-corrected chi connectivity index (χ3v) is 4.49. The molecule has 5 heteroatoms. The van der Waals surface area contributed by atoms with E-state index in [0.29, 0.717) is 0 Å². The number of ether oxygens (including phenoxy) is 1. The Morgan fingerprint density at radius 3 is 2.32 bits per heavy atom.